The van der Waals surface area contributed by atoms with Crippen LogP contribution in [0.3, 0.4) is 0 Å². The van der Waals surface area contributed by atoms with Gasteiger partial charge in [-0.3, -0.25) is 4.79 Å². The third-order valence-electron chi connectivity index (χ3n) is 3.96. The highest BCUT2D eigenvalue weighted by molar-refractivity contribution is 8.00. The molecule has 1 saturated carbocycles. The van der Waals surface area contributed by atoms with Crippen LogP contribution >= 0.6 is 11.8 Å². The van der Waals surface area contributed by atoms with Crippen molar-refractivity contribution >= 4 is 27.7 Å². The SMILES string of the molecule is C[C@H](Sc1nnc(C2CC2)o1)C(=O)NCCc1ccc(S(N)(=O)=O)cc1. The van der Waals surface area contributed by atoms with Crippen molar-refractivity contribution < 1.29 is 17.6 Å². The maximum Gasteiger partial charge on any atom is 0.277 e. The lowest BCUT2D eigenvalue weighted by molar-refractivity contribution is -0.120. The van der Waals surface area contributed by atoms with Crippen molar-refractivity contribution in [2.75, 3.05) is 6.54 Å². The van der Waals surface area contributed by atoms with E-state index >= 15 is 0 Å². The molecule has 1 fully saturated rings. The Morgan fingerprint density at radius 1 is 1.35 bits per heavy atom. The van der Waals surface area contributed by atoms with Crippen molar-refractivity contribution in [2.45, 2.75) is 47.5 Å². The molecule has 0 bridgehead atoms. The number of amides is 1. The topological polar surface area (TPSA) is 128 Å². The van der Waals surface area contributed by atoms with Gasteiger partial charge < -0.3 is 9.73 Å². The summed E-state index contributed by atoms with van der Waals surface area (Å²) in [6.45, 7) is 2.22. The average molecular weight is 396 g/mol. The standard InChI is InChI=1S/C16H20N4O4S2/c1-10(25-16-20-19-15(24-16)12-4-5-12)14(21)18-9-8-11-2-6-13(7-3-11)26(17,22)23/h2-3,6-7,10,12H,4-5,8-9H2,1H3,(H,18,21)(H2,17,22,23)/t10-/m0/s1. The molecule has 0 aliphatic heterocycles. The normalized spacial score (nSPS) is 15.6. The molecule has 1 heterocycles. The second kappa shape index (κ2) is 7.77. The van der Waals surface area contributed by atoms with Crippen molar-refractivity contribution in [3.8, 4) is 0 Å². The van der Waals surface area contributed by atoms with E-state index in [1.54, 1.807) is 19.1 Å². The number of nitrogens with zero attached hydrogens (tertiary/aromatic N) is 2. The number of carbonyl (C=O) groups is 1. The first-order chi connectivity index (χ1) is 12.3. The molecule has 26 heavy (non-hydrogen) atoms. The Morgan fingerprint density at radius 3 is 2.65 bits per heavy atom. The Bertz CT molecular complexity index is 876. The largest absolute Gasteiger partial charge is 0.416 e. The lowest BCUT2D eigenvalue weighted by Gasteiger charge is -2.10. The van der Waals surface area contributed by atoms with E-state index in [1.807, 2.05) is 0 Å². The summed E-state index contributed by atoms with van der Waals surface area (Å²) >= 11 is 1.24. The van der Waals surface area contributed by atoms with Gasteiger partial charge in [-0.15, -0.1) is 10.2 Å². The van der Waals surface area contributed by atoms with Crippen LogP contribution < -0.4 is 10.5 Å². The summed E-state index contributed by atoms with van der Waals surface area (Å²) in [4.78, 5) is 12.2. The minimum Gasteiger partial charge on any atom is -0.416 e. The fourth-order valence-corrected chi connectivity index (χ4v) is 3.52. The molecule has 3 N–H and O–H groups in total. The molecular weight excluding hydrogens is 376 g/mol. The maximum atomic E-state index is 12.2. The van der Waals surface area contributed by atoms with Crippen LogP contribution in [0.4, 0.5) is 0 Å². The van der Waals surface area contributed by atoms with E-state index in [0.29, 0.717) is 30.0 Å². The Balaban J connectivity index is 1.44. The van der Waals surface area contributed by atoms with Crippen molar-refractivity contribution in [1.82, 2.24) is 15.5 Å². The van der Waals surface area contributed by atoms with Crippen LogP contribution in [-0.2, 0) is 21.2 Å². The summed E-state index contributed by atoms with van der Waals surface area (Å²) in [6, 6.07) is 6.28. The summed E-state index contributed by atoms with van der Waals surface area (Å²) in [6.07, 6.45) is 2.75. The maximum absolute atomic E-state index is 12.2. The van der Waals surface area contributed by atoms with Crippen LogP contribution in [0, 0.1) is 0 Å². The molecule has 0 spiro atoms. The lowest BCUT2D eigenvalue weighted by Crippen LogP contribution is -2.32. The van der Waals surface area contributed by atoms with Crippen molar-refractivity contribution in [1.29, 1.82) is 0 Å². The van der Waals surface area contributed by atoms with Gasteiger partial charge in [-0.05, 0) is 43.9 Å². The van der Waals surface area contributed by atoms with Gasteiger partial charge >= 0.3 is 0 Å². The van der Waals surface area contributed by atoms with Crippen LogP contribution in [0.2, 0.25) is 0 Å². The highest BCUT2D eigenvalue weighted by Crippen LogP contribution is 2.40. The zero-order valence-electron chi connectivity index (χ0n) is 14.2. The first-order valence-electron chi connectivity index (χ1n) is 8.22. The van der Waals surface area contributed by atoms with Gasteiger partial charge in [0.2, 0.25) is 21.8 Å². The molecule has 1 aromatic heterocycles. The number of benzene rings is 1. The summed E-state index contributed by atoms with van der Waals surface area (Å²) in [5, 5.41) is 15.9. The van der Waals surface area contributed by atoms with Gasteiger partial charge in [-0.25, -0.2) is 13.6 Å². The van der Waals surface area contributed by atoms with Gasteiger partial charge in [0.05, 0.1) is 10.1 Å². The van der Waals surface area contributed by atoms with Crippen molar-refractivity contribution in [3.05, 3.63) is 35.7 Å². The second-order valence-electron chi connectivity index (χ2n) is 6.17. The van der Waals surface area contributed by atoms with Crippen LogP contribution in [-0.4, -0.2) is 36.3 Å². The van der Waals surface area contributed by atoms with E-state index in [0.717, 1.165) is 18.4 Å². The van der Waals surface area contributed by atoms with Crippen LogP contribution in [0.1, 0.15) is 37.1 Å². The Morgan fingerprint density at radius 2 is 2.04 bits per heavy atom. The third-order valence-corrected chi connectivity index (χ3v) is 5.82. The molecule has 0 saturated heterocycles. The highest BCUT2D eigenvalue weighted by Gasteiger charge is 2.30. The van der Waals surface area contributed by atoms with E-state index in [9.17, 15) is 13.2 Å². The van der Waals surface area contributed by atoms with Gasteiger partial charge in [0, 0.05) is 12.5 Å². The number of thioether (sulfide) groups is 1. The van der Waals surface area contributed by atoms with Crippen molar-refractivity contribution in [3.63, 3.8) is 0 Å². The van der Waals surface area contributed by atoms with Crippen LogP contribution in [0.25, 0.3) is 0 Å². The first-order valence-corrected chi connectivity index (χ1v) is 10.6. The number of nitrogens with one attached hydrogen (secondary N) is 1. The zero-order chi connectivity index (χ0) is 18.7. The molecule has 8 nitrogen and oxygen atoms in total. The third kappa shape index (κ3) is 5.05. The van der Waals surface area contributed by atoms with E-state index < -0.39 is 10.0 Å². The molecule has 1 amide bonds. The van der Waals surface area contributed by atoms with E-state index in [1.165, 1.54) is 23.9 Å². The minimum atomic E-state index is -3.69. The Kier molecular flexibility index (Phi) is 5.64. The lowest BCUT2D eigenvalue weighted by atomic mass is 10.1. The molecule has 1 aliphatic carbocycles. The summed E-state index contributed by atoms with van der Waals surface area (Å²) in [7, 11) is -3.69. The second-order valence-corrected chi connectivity index (χ2v) is 9.02. The molecule has 1 aliphatic rings. The molecule has 0 unspecified atom stereocenters. The quantitative estimate of drug-likeness (QED) is 0.646. The molecule has 3 rings (SSSR count). The van der Waals surface area contributed by atoms with Crippen molar-refractivity contribution in [2.24, 2.45) is 5.14 Å². The summed E-state index contributed by atoms with van der Waals surface area (Å²) in [5.74, 6) is 0.923. The van der Waals surface area contributed by atoms with Gasteiger partial charge in [-0.2, -0.15) is 0 Å². The number of primary sulfonamides is 1. The van der Waals surface area contributed by atoms with E-state index in [-0.39, 0.29) is 16.1 Å². The average Bonchev–Trinajstić information content (AvgIpc) is 3.34. The number of rotatable bonds is 8. The van der Waals surface area contributed by atoms with Gasteiger partial charge in [-0.1, -0.05) is 23.9 Å². The molecular formula is C16H20N4O4S2. The van der Waals surface area contributed by atoms with E-state index in [2.05, 4.69) is 15.5 Å². The number of hydrogen-bond donors (Lipinski definition) is 2. The smallest absolute Gasteiger partial charge is 0.277 e. The first kappa shape index (κ1) is 18.9. The monoisotopic (exact) mass is 396 g/mol. The van der Waals surface area contributed by atoms with Gasteiger partial charge in [0.1, 0.15) is 0 Å². The van der Waals surface area contributed by atoms with Gasteiger partial charge in [0.15, 0.2) is 0 Å². The molecule has 1 aromatic carbocycles. The number of aromatic nitrogens is 2. The van der Waals surface area contributed by atoms with Gasteiger partial charge in [0.25, 0.3) is 5.22 Å². The molecule has 140 valence electrons. The molecule has 2 aromatic rings. The minimum absolute atomic E-state index is 0.0698. The summed E-state index contributed by atoms with van der Waals surface area (Å²) < 4.78 is 28.0. The highest BCUT2D eigenvalue weighted by atomic mass is 32.2. The Hall–Kier alpha value is -1.91. The molecule has 10 heteroatoms. The number of carbonyl (C=O) groups excluding carboxylic acids is 1. The Labute approximate surface area is 156 Å². The fraction of sp³-hybridized carbons (Fsp3) is 0.438. The molecule has 1 atom stereocenters. The zero-order valence-corrected chi connectivity index (χ0v) is 15.8. The summed E-state index contributed by atoms with van der Waals surface area (Å²) in [5.41, 5.74) is 0.906. The van der Waals surface area contributed by atoms with Crippen LogP contribution in [0.15, 0.2) is 38.8 Å². The number of sulfonamides is 1. The fourth-order valence-electron chi connectivity index (χ4n) is 2.29. The van der Waals surface area contributed by atoms with E-state index in [4.69, 9.17) is 9.56 Å². The predicted molar refractivity (Wildman–Crippen MR) is 96.1 cm³/mol. The molecule has 0 radical (unpaired) electrons. The predicted octanol–water partition coefficient (Wildman–Crippen LogP) is 1.43. The number of hydrogen-bond acceptors (Lipinski definition) is 7. The number of nitrogens with two attached hydrogens (primary N) is 1. The van der Waals surface area contributed by atoms with Crippen LogP contribution in [0.5, 0.6) is 0 Å².